The first-order valence-electron chi connectivity index (χ1n) is 10.0. The van der Waals surface area contributed by atoms with E-state index in [2.05, 4.69) is 31.8 Å². The van der Waals surface area contributed by atoms with Crippen molar-refractivity contribution < 1.29 is 19.1 Å². The lowest BCUT2D eigenvalue weighted by atomic mass is 9.84. The number of hydrogen-bond acceptors (Lipinski definition) is 4. The second-order valence-electron chi connectivity index (χ2n) is 9.22. The van der Waals surface area contributed by atoms with Crippen molar-refractivity contribution >= 4 is 19.9 Å². The van der Waals surface area contributed by atoms with Gasteiger partial charge in [-0.05, 0) is 42.4 Å². The van der Waals surface area contributed by atoms with E-state index < -0.39 is 13.1 Å². The third kappa shape index (κ3) is 2.43. The Labute approximate surface area is 167 Å². The van der Waals surface area contributed by atoms with Crippen molar-refractivity contribution in [3.8, 4) is 11.5 Å². The number of imide groups is 1. The monoisotopic (exact) mass is 399 g/mol. The molecule has 1 aromatic carbocycles. The number of ether oxygens (including phenoxy) is 2. The Kier molecular flexibility index (Phi) is 4.45. The van der Waals surface area contributed by atoms with Crippen LogP contribution >= 0.6 is 0 Å². The van der Waals surface area contributed by atoms with Crippen molar-refractivity contribution in [2.24, 2.45) is 17.8 Å². The fourth-order valence-electron chi connectivity index (χ4n) is 5.87. The molecule has 4 atom stereocenters. The van der Waals surface area contributed by atoms with Crippen molar-refractivity contribution in [1.82, 2.24) is 4.90 Å². The Bertz CT molecular complexity index is 859. The summed E-state index contributed by atoms with van der Waals surface area (Å²) >= 11 is 0. The summed E-state index contributed by atoms with van der Waals surface area (Å²) in [5, 5.41) is -0.457. The number of benzene rings is 1. The topological polar surface area (TPSA) is 55.8 Å². The smallest absolute Gasteiger partial charge is 0.234 e. The fourth-order valence-corrected chi connectivity index (χ4v) is 9.25. The van der Waals surface area contributed by atoms with Crippen molar-refractivity contribution in [2.45, 2.75) is 37.5 Å². The molecule has 1 aromatic rings. The number of allylic oxidation sites excluding steroid dienone is 2. The molecule has 0 radical (unpaired) electrons. The summed E-state index contributed by atoms with van der Waals surface area (Å²) in [6.07, 6.45) is 5.98. The van der Waals surface area contributed by atoms with Gasteiger partial charge in [0.25, 0.3) is 0 Å². The molecule has 0 spiro atoms. The maximum atomic E-state index is 13.7. The number of fused-ring (bicyclic) bond motifs is 5. The Balaban J connectivity index is 1.59. The SMILES string of the molecule is COc1ccc(CCN2C(=O)[C@@H]3[C@@H]4C=C[C@@H](C4)[C@]3([Si](C)(C)C)C2=O)cc1OC. The van der Waals surface area contributed by atoms with E-state index in [9.17, 15) is 9.59 Å². The number of amides is 2. The van der Waals surface area contributed by atoms with E-state index in [1.165, 1.54) is 0 Å². The lowest BCUT2D eigenvalue weighted by molar-refractivity contribution is -0.140. The third-order valence-electron chi connectivity index (χ3n) is 7.06. The first-order chi connectivity index (χ1) is 13.3. The molecule has 1 heterocycles. The largest absolute Gasteiger partial charge is 0.493 e. The normalized spacial score (nSPS) is 30.9. The molecule has 1 aliphatic heterocycles. The minimum atomic E-state index is -1.91. The predicted octanol–water partition coefficient (Wildman–Crippen LogP) is 3.52. The van der Waals surface area contributed by atoms with Crippen molar-refractivity contribution in [1.29, 1.82) is 0 Å². The molecule has 1 saturated carbocycles. The van der Waals surface area contributed by atoms with Crippen LogP contribution in [0.15, 0.2) is 30.4 Å². The van der Waals surface area contributed by atoms with Crippen LogP contribution in [0.25, 0.3) is 0 Å². The van der Waals surface area contributed by atoms with Gasteiger partial charge in [-0.2, -0.15) is 0 Å². The van der Waals surface area contributed by atoms with Crippen LogP contribution in [0.5, 0.6) is 11.5 Å². The molecule has 6 heteroatoms. The molecular formula is C22H29NO4Si. The summed E-state index contributed by atoms with van der Waals surface area (Å²) in [6, 6.07) is 5.75. The van der Waals surface area contributed by atoms with E-state index in [0.717, 1.165) is 12.0 Å². The summed E-state index contributed by atoms with van der Waals surface area (Å²) in [4.78, 5) is 28.6. The van der Waals surface area contributed by atoms with Gasteiger partial charge in [-0.3, -0.25) is 14.5 Å². The van der Waals surface area contributed by atoms with Gasteiger partial charge in [-0.25, -0.2) is 0 Å². The van der Waals surface area contributed by atoms with E-state index in [4.69, 9.17) is 9.47 Å². The molecule has 2 aliphatic carbocycles. The van der Waals surface area contributed by atoms with E-state index in [-0.39, 0.29) is 29.6 Å². The van der Waals surface area contributed by atoms with Crippen molar-refractivity contribution in [3.05, 3.63) is 35.9 Å². The average Bonchev–Trinajstić information content (AvgIpc) is 3.32. The lowest BCUT2D eigenvalue weighted by Crippen LogP contribution is -2.50. The summed E-state index contributed by atoms with van der Waals surface area (Å²) in [6.45, 7) is 7.17. The number of hydrogen-bond donors (Lipinski definition) is 0. The van der Waals surface area contributed by atoms with Gasteiger partial charge in [-0.15, -0.1) is 0 Å². The molecule has 0 N–H and O–H groups in total. The van der Waals surface area contributed by atoms with Crippen LogP contribution in [-0.4, -0.2) is 45.6 Å². The minimum Gasteiger partial charge on any atom is -0.493 e. The molecule has 1 saturated heterocycles. The maximum Gasteiger partial charge on any atom is 0.234 e. The molecule has 5 nitrogen and oxygen atoms in total. The predicted molar refractivity (Wildman–Crippen MR) is 110 cm³/mol. The molecule has 3 aliphatic rings. The van der Waals surface area contributed by atoms with Gasteiger partial charge in [0.05, 0.1) is 33.2 Å². The summed E-state index contributed by atoms with van der Waals surface area (Å²) in [5.41, 5.74) is 1.03. The van der Waals surface area contributed by atoms with Crippen LogP contribution in [0, 0.1) is 17.8 Å². The van der Waals surface area contributed by atoms with Crippen LogP contribution in [0.2, 0.25) is 24.7 Å². The van der Waals surface area contributed by atoms with Crippen molar-refractivity contribution in [3.63, 3.8) is 0 Å². The van der Waals surface area contributed by atoms with Gasteiger partial charge in [0.15, 0.2) is 11.5 Å². The molecule has 28 heavy (non-hydrogen) atoms. The van der Waals surface area contributed by atoms with E-state index >= 15 is 0 Å². The zero-order valence-electron chi connectivity index (χ0n) is 17.3. The third-order valence-corrected chi connectivity index (χ3v) is 10.4. The van der Waals surface area contributed by atoms with E-state index in [1.54, 1.807) is 19.1 Å². The molecule has 2 bridgehead atoms. The summed E-state index contributed by atoms with van der Waals surface area (Å²) in [7, 11) is 1.30. The molecule has 0 unspecified atom stereocenters. The average molecular weight is 400 g/mol. The number of likely N-dealkylation sites (tertiary alicyclic amines) is 1. The van der Waals surface area contributed by atoms with Gasteiger partial charge in [-0.1, -0.05) is 37.9 Å². The zero-order chi connectivity index (χ0) is 20.3. The highest BCUT2D eigenvalue weighted by molar-refractivity contribution is 6.83. The van der Waals surface area contributed by atoms with Crippen LogP contribution in [0.1, 0.15) is 12.0 Å². The van der Waals surface area contributed by atoms with Gasteiger partial charge in [0.2, 0.25) is 11.8 Å². The van der Waals surface area contributed by atoms with Crippen LogP contribution < -0.4 is 9.47 Å². The molecular weight excluding hydrogens is 370 g/mol. The standard InChI is InChI=1S/C22H29NO4Si/c1-26-17-9-6-14(12-18(17)27-2)10-11-23-20(24)19-15-7-8-16(13-15)22(19,21(23)25)28(3,4)5/h6-9,12,15-16,19H,10-11,13H2,1-5H3/t15-,16+,19+,22-/m1/s1. The second kappa shape index (κ2) is 6.48. The van der Waals surface area contributed by atoms with Crippen LogP contribution in [-0.2, 0) is 16.0 Å². The maximum absolute atomic E-state index is 13.7. The number of rotatable bonds is 6. The summed E-state index contributed by atoms with van der Waals surface area (Å²) < 4.78 is 10.7. The van der Waals surface area contributed by atoms with Crippen LogP contribution in [0.3, 0.4) is 0 Å². The number of carbonyl (C=O) groups excluding carboxylic acids is 2. The molecule has 4 rings (SSSR count). The minimum absolute atomic E-state index is 0.0461. The highest BCUT2D eigenvalue weighted by atomic mass is 28.3. The molecule has 0 aromatic heterocycles. The highest BCUT2D eigenvalue weighted by Crippen LogP contribution is 2.69. The number of nitrogens with zero attached hydrogens (tertiary/aromatic N) is 1. The highest BCUT2D eigenvalue weighted by Gasteiger charge is 2.73. The number of carbonyl (C=O) groups is 2. The Morgan fingerprint density at radius 2 is 1.82 bits per heavy atom. The van der Waals surface area contributed by atoms with E-state index in [1.807, 2.05) is 18.2 Å². The molecule has 2 fully saturated rings. The van der Waals surface area contributed by atoms with Gasteiger partial charge < -0.3 is 9.47 Å². The van der Waals surface area contributed by atoms with Gasteiger partial charge in [0.1, 0.15) is 0 Å². The lowest BCUT2D eigenvalue weighted by Gasteiger charge is -2.43. The second-order valence-corrected chi connectivity index (χ2v) is 14.5. The van der Waals surface area contributed by atoms with Gasteiger partial charge >= 0.3 is 0 Å². The zero-order valence-corrected chi connectivity index (χ0v) is 18.3. The fraction of sp³-hybridized carbons (Fsp3) is 0.545. The summed E-state index contributed by atoms with van der Waals surface area (Å²) in [5.74, 6) is 1.79. The van der Waals surface area contributed by atoms with E-state index in [0.29, 0.717) is 24.5 Å². The first kappa shape index (κ1) is 19.2. The Morgan fingerprint density at radius 3 is 2.43 bits per heavy atom. The van der Waals surface area contributed by atoms with Gasteiger partial charge in [0, 0.05) is 6.54 Å². The Morgan fingerprint density at radius 1 is 1.11 bits per heavy atom. The van der Waals surface area contributed by atoms with Crippen LogP contribution in [0.4, 0.5) is 0 Å². The molecule has 150 valence electrons. The van der Waals surface area contributed by atoms with Crippen molar-refractivity contribution in [2.75, 3.05) is 20.8 Å². The Hall–Kier alpha value is -2.08. The first-order valence-corrected chi connectivity index (χ1v) is 13.5. The number of methoxy groups -OCH3 is 2. The quantitative estimate of drug-likeness (QED) is 0.417. The molecule has 2 amide bonds.